The van der Waals surface area contributed by atoms with E-state index in [1.54, 1.807) is 13.1 Å². The first-order valence-electron chi connectivity index (χ1n) is 4.87. The highest BCUT2D eigenvalue weighted by Crippen LogP contribution is 2.14. The molecular weight excluding hydrogens is 190 g/mol. The summed E-state index contributed by atoms with van der Waals surface area (Å²) in [5.74, 6) is 0.814. The van der Waals surface area contributed by atoms with Gasteiger partial charge in [-0.05, 0) is 18.6 Å². The summed E-state index contributed by atoms with van der Waals surface area (Å²) in [7, 11) is 1.89. The number of hydrogen-bond acceptors (Lipinski definition) is 4. The minimum atomic E-state index is -0.490. The fourth-order valence-corrected chi connectivity index (χ4v) is 1.20. The van der Waals surface area contributed by atoms with E-state index in [1.807, 2.05) is 24.1 Å². The van der Waals surface area contributed by atoms with Gasteiger partial charge in [0.15, 0.2) is 0 Å². The number of nitriles is 1. The molecule has 1 unspecified atom stereocenters. The number of pyridine rings is 1. The van der Waals surface area contributed by atoms with Gasteiger partial charge < -0.3 is 10.0 Å². The van der Waals surface area contributed by atoms with E-state index in [4.69, 9.17) is 5.26 Å². The minimum Gasteiger partial charge on any atom is -0.389 e. The molecule has 1 heterocycles. The van der Waals surface area contributed by atoms with Crippen molar-refractivity contribution in [2.45, 2.75) is 19.4 Å². The molecule has 0 aromatic carbocycles. The Morgan fingerprint density at radius 1 is 1.60 bits per heavy atom. The molecule has 4 heteroatoms. The van der Waals surface area contributed by atoms with Crippen LogP contribution in [0.4, 0.5) is 5.82 Å². The number of hydrogen-bond donors (Lipinski definition) is 1. The molecule has 1 atom stereocenters. The van der Waals surface area contributed by atoms with Crippen LogP contribution in [-0.2, 0) is 0 Å². The van der Waals surface area contributed by atoms with Gasteiger partial charge in [0, 0.05) is 19.8 Å². The Kier molecular flexibility index (Phi) is 4.07. The van der Waals surface area contributed by atoms with Crippen LogP contribution >= 0.6 is 0 Å². The van der Waals surface area contributed by atoms with Crippen LogP contribution in [0.3, 0.4) is 0 Å². The summed E-state index contributed by atoms with van der Waals surface area (Å²) in [5, 5.41) is 17.7. The molecule has 1 rings (SSSR count). The minimum absolute atomic E-state index is 0.482. The molecule has 4 nitrogen and oxygen atoms in total. The van der Waals surface area contributed by atoms with Crippen molar-refractivity contribution in [3.05, 3.63) is 23.9 Å². The van der Waals surface area contributed by atoms with Gasteiger partial charge in [0.05, 0.1) is 18.6 Å². The molecule has 0 amide bonds. The summed E-state index contributed by atoms with van der Waals surface area (Å²) >= 11 is 0. The topological polar surface area (TPSA) is 60.1 Å². The first-order chi connectivity index (χ1) is 7.15. The van der Waals surface area contributed by atoms with E-state index in [0.717, 1.165) is 11.4 Å². The molecule has 0 saturated carbocycles. The Balaban J connectivity index is 2.67. The molecule has 0 saturated heterocycles. The maximum Gasteiger partial charge on any atom is 0.128 e. The Bertz CT molecular complexity index is 340. The lowest BCUT2D eigenvalue weighted by Crippen LogP contribution is -2.19. The van der Waals surface area contributed by atoms with E-state index in [9.17, 15) is 5.11 Å². The average Bonchev–Trinajstić information content (AvgIpc) is 2.26. The SMILES string of the molecule is CC(O)c1ccc(N(C)CCC#N)nc1. The molecule has 0 fully saturated rings. The zero-order valence-electron chi connectivity index (χ0n) is 9.01. The lowest BCUT2D eigenvalue weighted by molar-refractivity contribution is 0.199. The van der Waals surface area contributed by atoms with Crippen LogP contribution in [0, 0.1) is 11.3 Å². The summed E-state index contributed by atoms with van der Waals surface area (Å²) in [6, 6.07) is 5.78. The van der Waals surface area contributed by atoms with Gasteiger partial charge in [-0.15, -0.1) is 0 Å². The molecule has 1 aromatic rings. The lowest BCUT2D eigenvalue weighted by atomic mass is 10.2. The molecule has 0 bridgehead atoms. The van der Waals surface area contributed by atoms with Gasteiger partial charge in [0.2, 0.25) is 0 Å². The van der Waals surface area contributed by atoms with Gasteiger partial charge in [-0.25, -0.2) is 4.98 Å². The molecule has 1 N–H and O–H groups in total. The third-order valence-corrected chi connectivity index (χ3v) is 2.20. The number of nitrogens with zero attached hydrogens (tertiary/aromatic N) is 3. The third-order valence-electron chi connectivity index (χ3n) is 2.20. The van der Waals surface area contributed by atoms with Crippen molar-refractivity contribution in [2.24, 2.45) is 0 Å². The van der Waals surface area contributed by atoms with Crippen molar-refractivity contribution in [3.8, 4) is 6.07 Å². The second kappa shape index (κ2) is 5.32. The van der Waals surface area contributed by atoms with E-state index in [0.29, 0.717) is 13.0 Å². The highest BCUT2D eigenvalue weighted by Gasteiger charge is 2.04. The first-order valence-corrected chi connectivity index (χ1v) is 4.87. The standard InChI is InChI=1S/C11H15N3O/c1-9(15)10-4-5-11(13-8-10)14(2)7-3-6-12/h4-5,8-9,15H,3,7H2,1-2H3. The molecule has 1 aromatic heterocycles. The molecule has 0 aliphatic heterocycles. The zero-order chi connectivity index (χ0) is 11.3. The maximum absolute atomic E-state index is 9.30. The van der Waals surface area contributed by atoms with Gasteiger partial charge in [-0.3, -0.25) is 0 Å². The van der Waals surface area contributed by atoms with Gasteiger partial charge in [-0.1, -0.05) is 6.07 Å². The van der Waals surface area contributed by atoms with Crippen molar-refractivity contribution in [1.82, 2.24) is 4.98 Å². The highest BCUT2D eigenvalue weighted by atomic mass is 16.3. The van der Waals surface area contributed by atoms with Gasteiger partial charge in [-0.2, -0.15) is 5.26 Å². The van der Waals surface area contributed by atoms with Crippen molar-refractivity contribution < 1.29 is 5.11 Å². The maximum atomic E-state index is 9.30. The van der Waals surface area contributed by atoms with Crippen molar-refractivity contribution in [3.63, 3.8) is 0 Å². The van der Waals surface area contributed by atoms with E-state index in [1.165, 1.54) is 0 Å². The smallest absolute Gasteiger partial charge is 0.128 e. The summed E-state index contributed by atoms with van der Waals surface area (Å²) in [5.41, 5.74) is 0.799. The Morgan fingerprint density at radius 3 is 2.80 bits per heavy atom. The summed E-state index contributed by atoms with van der Waals surface area (Å²) in [6.45, 7) is 2.37. The summed E-state index contributed by atoms with van der Waals surface area (Å²) in [6.07, 6.45) is 1.65. The average molecular weight is 205 g/mol. The molecule has 15 heavy (non-hydrogen) atoms. The number of rotatable bonds is 4. The molecule has 0 radical (unpaired) electrons. The summed E-state index contributed by atoms with van der Waals surface area (Å²) in [4.78, 5) is 6.12. The van der Waals surface area contributed by atoms with Gasteiger partial charge in [0.25, 0.3) is 0 Å². The number of aliphatic hydroxyl groups excluding tert-OH is 1. The van der Waals surface area contributed by atoms with E-state index >= 15 is 0 Å². The second-order valence-electron chi connectivity index (χ2n) is 3.46. The molecule has 0 aliphatic carbocycles. The fourth-order valence-electron chi connectivity index (χ4n) is 1.20. The Labute approximate surface area is 89.8 Å². The van der Waals surface area contributed by atoms with Crippen LogP contribution in [0.15, 0.2) is 18.3 Å². The third kappa shape index (κ3) is 3.22. The number of anilines is 1. The Morgan fingerprint density at radius 2 is 2.33 bits per heavy atom. The monoisotopic (exact) mass is 205 g/mol. The second-order valence-corrected chi connectivity index (χ2v) is 3.46. The predicted molar refractivity (Wildman–Crippen MR) is 58.4 cm³/mol. The number of aliphatic hydroxyl groups is 1. The van der Waals surface area contributed by atoms with Crippen LogP contribution in [0.25, 0.3) is 0 Å². The highest BCUT2D eigenvalue weighted by molar-refractivity contribution is 5.38. The zero-order valence-corrected chi connectivity index (χ0v) is 9.01. The molecule has 0 spiro atoms. The van der Waals surface area contributed by atoms with E-state index < -0.39 is 6.10 Å². The number of aromatic nitrogens is 1. The predicted octanol–water partition coefficient (Wildman–Crippen LogP) is 1.48. The van der Waals surface area contributed by atoms with E-state index in [2.05, 4.69) is 11.1 Å². The molecular formula is C11H15N3O. The summed E-state index contributed by atoms with van der Waals surface area (Å²) < 4.78 is 0. The fraction of sp³-hybridized carbons (Fsp3) is 0.455. The normalized spacial score (nSPS) is 11.9. The van der Waals surface area contributed by atoms with Crippen LogP contribution in [0.5, 0.6) is 0 Å². The van der Waals surface area contributed by atoms with Crippen LogP contribution in [0.1, 0.15) is 25.0 Å². The van der Waals surface area contributed by atoms with Gasteiger partial charge in [0.1, 0.15) is 5.82 Å². The Hall–Kier alpha value is -1.60. The van der Waals surface area contributed by atoms with Gasteiger partial charge >= 0.3 is 0 Å². The largest absolute Gasteiger partial charge is 0.389 e. The van der Waals surface area contributed by atoms with Crippen molar-refractivity contribution in [2.75, 3.05) is 18.5 Å². The quantitative estimate of drug-likeness (QED) is 0.808. The first kappa shape index (κ1) is 11.5. The van der Waals surface area contributed by atoms with Crippen molar-refractivity contribution in [1.29, 1.82) is 5.26 Å². The lowest BCUT2D eigenvalue weighted by Gasteiger charge is -2.16. The van der Waals surface area contributed by atoms with Crippen LogP contribution < -0.4 is 4.90 Å². The molecule has 80 valence electrons. The molecule has 0 aliphatic rings. The van der Waals surface area contributed by atoms with Crippen LogP contribution in [-0.4, -0.2) is 23.7 Å². The van der Waals surface area contributed by atoms with Crippen LogP contribution in [0.2, 0.25) is 0 Å². The van der Waals surface area contributed by atoms with E-state index in [-0.39, 0.29) is 0 Å². The van der Waals surface area contributed by atoms with Crippen molar-refractivity contribution >= 4 is 5.82 Å².